The summed E-state index contributed by atoms with van der Waals surface area (Å²) in [5.41, 5.74) is 0. The van der Waals surface area contributed by atoms with E-state index in [1.165, 1.54) is 83.5 Å². The molecule has 0 aromatic rings. The van der Waals surface area contributed by atoms with Gasteiger partial charge in [-0.2, -0.15) is 0 Å². The van der Waals surface area contributed by atoms with Crippen LogP contribution in [0.15, 0.2) is 0 Å². The minimum absolute atomic E-state index is 0.128. The first-order valence-corrected chi connectivity index (χ1v) is 20.2. The van der Waals surface area contributed by atoms with Crippen LogP contribution in [0.2, 0.25) is 0 Å². The van der Waals surface area contributed by atoms with Crippen LogP contribution in [0.4, 0.5) is 0 Å². The molecule has 0 bridgehead atoms. The molecule has 0 fully saturated rings. The normalized spacial score (nSPS) is 11.5. The Morgan fingerprint density at radius 1 is 0.347 bits per heavy atom. The Balaban J connectivity index is 3.12. The molecule has 0 heterocycles. The van der Waals surface area contributed by atoms with Crippen LogP contribution in [0.1, 0.15) is 122 Å². The van der Waals surface area contributed by atoms with Gasteiger partial charge in [-0.3, -0.25) is 4.79 Å². The van der Waals surface area contributed by atoms with Crippen LogP contribution >= 0.6 is 11.6 Å². The molecule has 0 saturated heterocycles. The van der Waals surface area contributed by atoms with Crippen LogP contribution in [0.25, 0.3) is 0 Å². The molecule has 0 amide bonds. The van der Waals surface area contributed by atoms with Gasteiger partial charge in [0.25, 0.3) is 0 Å². The maximum Gasteiger partial charge on any atom is 0.305 e. The molecular weight excluding hydrogens is 652 g/mol. The van der Waals surface area contributed by atoms with Crippen molar-refractivity contribution in [3.63, 3.8) is 0 Å². The summed E-state index contributed by atoms with van der Waals surface area (Å²) in [5.74, 6) is 0.616. The molecule has 0 rings (SSSR count). The average Bonchev–Trinajstić information content (AvgIpc) is 3.11. The SMILES string of the molecule is CCCCCCCCCCCCCCCC(=O)OCCOCCOCCOCCOCCOCCOCCOCCOCCCCCCCl. The Labute approximate surface area is 305 Å². The van der Waals surface area contributed by atoms with E-state index < -0.39 is 0 Å². The number of carbonyl (C=O) groups excluding carboxylic acids is 1. The third-order valence-corrected chi connectivity index (χ3v) is 8.02. The first kappa shape index (κ1) is 48.4. The lowest BCUT2D eigenvalue weighted by Gasteiger charge is -2.09. The summed E-state index contributed by atoms with van der Waals surface area (Å²) >= 11 is 5.66. The zero-order valence-electron chi connectivity index (χ0n) is 31.4. The fourth-order valence-electron chi connectivity index (χ4n) is 4.87. The van der Waals surface area contributed by atoms with Gasteiger partial charge in [0.1, 0.15) is 6.61 Å². The number of esters is 1. The van der Waals surface area contributed by atoms with Crippen LogP contribution in [0.3, 0.4) is 0 Å². The molecule has 0 aliphatic heterocycles. The molecule has 0 radical (unpaired) electrons. The Morgan fingerprint density at radius 3 is 1.00 bits per heavy atom. The van der Waals surface area contributed by atoms with Gasteiger partial charge in [-0.05, 0) is 19.3 Å². The molecule has 49 heavy (non-hydrogen) atoms. The maximum absolute atomic E-state index is 11.9. The summed E-state index contributed by atoms with van der Waals surface area (Å²) < 4.78 is 49.2. The summed E-state index contributed by atoms with van der Waals surface area (Å²) in [7, 11) is 0. The predicted octanol–water partition coefficient (Wildman–Crippen LogP) is 7.94. The number of hydrogen-bond acceptors (Lipinski definition) is 10. The van der Waals surface area contributed by atoms with Crippen molar-refractivity contribution in [1.29, 1.82) is 0 Å². The molecule has 294 valence electrons. The van der Waals surface area contributed by atoms with Crippen molar-refractivity contribution in [2.24, 2.45) is 0 Å². The van der Waals surface area contributed by atoms with Gasteiger partial charge in [-0.25, -0.2) is 0 Å². The zero-order chi connectivity index (χ0) is 35.4. The van der Waals surface area contributed by atoms with Gasteiger partial charge in [0.2, 0.25) is 0 Å². The summed E-state index contributed by atoms with van der Waals surface area (Å²) in [4.78, 5) is 11.9. The predicted molar refractivity (Wildman–Crippen MR) is 197 cm³/mol. The van der Waals surface area contributed by atoms with Gasteiger partial charge in [-0.15, -0.1) is 11.6 Å². The lowest BCUT2D eigenvalue weighted by atomic mass is 10.0. The third kappa shape index (κ3) is 45.4. The molecule has 10 nitrogen and oxygen atoms in total. The van der Waals surface area contributed by atoms with Crippen LogP contribution in [0.5, 0.6) is 0 Å². The van der Waals surface area contributed by atoms with Crippen molar-refractivity contribution in [2.75, 3.05) is 118 Å². The van der Waals surface area contributed by atoms with Crippen LogP contribution in [0, 0.1) is 0 Å². The summed E-state index contributed by atoms with van der Waals surface area (Å²) in [5, 5.41) is 0. The minimum atomic E-state index is -0.128. The van der Waals surface area contributed by atoms with Crippen molar-refractivity contribution >= 4 is 17.6 Å². The Hall–Kier alpha value is -0.560. The molecule has 0 saturated carbocycles. The summed E-state index contributed by atoms with van der Waals surface area (Å²) in [6, 6.07) is 0. The molecule has 0 aromatic heterocycles. The number of rotatable bonds is 44. The van der Waals surface area contributed by atoms with Gasteiger partial charge >= 0.3 is 5.97 Å². The van der Waals surface area contributed by atoms with E-state index in [-0.39, 0.29) is 5.97 Å². The number of hydrogen-bond donors (Lipinski definition) is 0. The molecule has 0 N–H and O–H groups in total. The Kier molecular flexibility index (Phi) is 44.9. The van der Waals surface area contributed by atoms with Gasteiger partial charge < -0.3 is 42.6 Å². The second-order valence-corrected chi connectivity index (χ2v) is 12.6. The highest BCUT2D eigenvalue weighted by molar-refractivity contribution is 6.17. The van der Waals surface area contributed by atoms with E-state index in [9.17, 15) is 4.79 Å². The van der Waals surface area contributed by atoms with E-state index in [0.717, 1.165) is 38.2 Å². The monoisotopic (exact) mass is 727 g/mol. The number of unbranched alkanes of at least 4 members (excludes halogenated alkanes) is 15. The molecule has 0 aliphatic carbocycles. The molecule has 0 aliphatic rings. The van der Waals surface area contributed by atoms with Crippen molar-refractivity contribution in [1.82, 2.24) is 0 Å². The first-order valence-electron chi connectivity index (χ1n) is 19.6. The highest BCUT2D eigenvalue weighted by Gasteiger charge is 2.03. The minimum Gasteiger partial charge on any atom is -0.463 e. The lowest BCUT2D eigenvalue weighted by Crippen LogP contribution is -2.15. The molecule has 0 unspecified atom stereocenters. The third-order valence-electron chi connectivity index (χ3n) is 7.75. The number of alkyl halides is 1. The molecule has 0 aromatic carbocycles. The number of ether oxygens (including phenoxy) is 9. The Bertz CT molecular complexity index is 617. The fraction of sp³-hybridized carbons (Fsp3) is 0.974. The van der Waals surface area contributed by atoms with E-state index in [0.29, 0.717) is 112 Å². The number of carbonyl (C=O) groups is 1. The highest BCUT2D eigenvalue weighted by atomic mass is 35.5. The van der Waals surface area contributed by atoms with E-state index in [2.05, 4.69) is 6.92 Å². The standard InChI is InChI=1S/C38H75ClO10/c1-2-3-4-5-6-7-8-9-10-11-12-13-16-19-38(40)49-37-36-48-35-34-47-33-32-46-31-30-45-29-28-44-27-26-43-25-24-42-23-22-41-21-18-15-14-17-20-39/h2-37H2,1H3. The van der Waals surface area contributed by atoms with Crippen LogP contribution in [-0.4, -0.2) is 124 Å². The molecular formula is C38H75ClO10. The molecule has 0 atom stereocenters. The second kappa shape index (κ2) is 45.5. The fourth-order valence-corrected chi connectivity index (χ4v) is 5.06. The average molecular weight is 727 g/mol. The van der Waals surface area contributed by atoms with Gasteiger partial charge in [0.15, 0.2) is 0 Å². The van der Waals surface area contributed by atoms with E-state index in [1.54, 1.807) is 0 Å². The summed E-state index contributed by atoms with van der Waals surface area (Å²) in [6.45, 7) is 11.1. The van der Waals surface area contributed by atoms with Gasteiger partial charge in [-0.1, -0.05) is 96.8 Å². The van der Waals surface area contributed by atoms with E-state index in [4.69, 9.17) is 54.2 Å². The van der Waals surface area contributed by atoms with E-state index in [1.807, 2.05) is 0 Å². The zero-order valence-corrected chi connectivity index (χ0v) is 32.2. The quantitative estimate of drug-likeness (QED) is 0.0350. The second-order valence-electron chi connectivity index (χ2n) is 12.2. The largest absolute Gasteiger partial charge is 0.463 e. The van der Waals surface area contributed by atoms with Crippen molar-refractivity contribution < 1.29 is 47.4 Å². The smallest absolute Gasteiger partial charge is 0.305 e. The van der Waals surface area contributed by atoms with Crippen molar-refractivity contribution in [2.45, 2.75) is 122 Å². The van der Waals surface area contributed by atoms with E-state index >= 15 is 0 Å². The van der Waals surface area contributed by atoms with Gasteiger partial charge in [0.05, 0.1) is 99.1 Å². The van der Waals surface area contributed by atoms with Crippen LogP contribution in [-0.2, 0) is 47.4 Å². The van der Waals surface area contributed by atoms with Crippen molar-refractivity contribution in [3.8, 4) is 0 Å². The Morgan fingerprint density at radius 2 is 0.633 bits per heavy atom. The lowest BCUT2D eigenvalue weighted by molar-refractivity contribution is -0.145. The number of halogens is 1. The molecule has 0 spiro atoms. The summed E-state index contributed by atoms with van der Waals surface area (Å²) in [6.07, 6.45) is 21.9. The first-order chi connectivity index (χ1) is 24.3. The topological polar surface area (TPSA) is 100 Å². The van der Waals surface area contributed by atoms with Crippen molar-refractivity contribution in [3.05, 3.63) is 0 Å². The van der Waals surface area contributed by atoms with Crippen LogP contribution < -0.4 is 0 Å². The maximum atomic E-state index is 11.9. The van der Waals surface area contributed by atoms with Gasteiger partial charge in [0, 0.05) is 18.9 Å². The molecule has 11 heteroatoms. The highest BCUT2D eigenvalue weighted by Crippen LogP contribution is 2.13.